The van der Waals surface area contributed by atoms with E-state index in [-0.39, 0.29) is 11.3 Å². The van der Waals surface area contributed by atoms with Crippen LogP contribution in [0, 0.1) is 11.6 Å². The van der Waals surface area contributed by atoms with Gasteiger partial charge in [-0.1, -0.05) is 18.2 Å². The minimum absolute atomic E-state index is 0.126. The average Bonchev–Trinajstić information content (AvgIpc) is 3.15. The largest absolute Gasteiger partial charge is 0.350 e. The molecule has 2 aromatic heterocycles. The van der Waals surface area contributed by atoms with Gasteiger partial charge in [0.25, 0.3) is 0 Å². The summed E-state index contributed by atoms with van der Waals surface area (Å²) in [6.07, 6.45) is 3.43. The molecule has 3 heterocycles. The Labute approximate surface area is 141 Å². The van der Waals surface area contributed by atoms with Gasteiger partial charge in [0.2, 0.25) is 0 Å². The molecular weight excluding hydrogens is 322 g/mol. The molecule has 4 nitrogen and oxygen atoms in total. The summed E-state index contributed by atoms with van der Waals surface area (Å²) in [6.45, 7) is 0. The van der Waals surface area contributed by atoms with Gasteiger partial charge in [0.15, 0.2) is 0 Å². The van der Waals surface area contributed by atoms with Crippen LogP contribution in [0.3, 0.4) is 0 Å². The van der Waals surface area contributed by atoms with E-state index < -0.39 is 11.6 Å². The molecule has 1 N–H and O–H groups in total. The van der Waals surface area contributed by atoms with Gasteiger partial charge in [-0.3, -0.25) is 5.10 Å². The van der Waals surface area contributed by atoms with Crippen molar-refractivity contribution in [2.45, 2.75) is 0 Å². The Morgan fingerprint density at radius 2 is 1.76 bits per heavy atom. The van der Waals surface area contributed by atoms with Gasteiger partial charge in [-0.05, 0) is 18.2 Å². The van der Waals surface area contributed by atoms with Crippen molar-refractivity contribution < 1.29 is 8.78 Å². The van der Waals surface area contributed by atoms with Crippen molar-refractivity contribution >= 4 is 22.3 Å². The van der Waals surface area contributed by atoms with Crippen molar-refractivity contribution in [1.29, 1.82) is 0 Å². The van der Waals surface area contributed by atoms with Gasteiger partial charge < -0.3 is 4.57 Å². The van der Waals surface area contributed by atoms with Crippen LogP contribution >= 0.6 is 0 Å². The number of aliphatic imine (C=N–C) groups is 1. The zero-order chi connectivity index (χ0) is 17.1. The van der Waals surface area contributed by atoms with Crippen LogP contribution < -0.4 is 0 Å². The van der Waals surface area contributed by atoms with E-state index in [1.165, 1.54) is 18.2 Å². The SMILES string of the molecule is Cn1cc2c3c(cccc31)-c1[nH]ncc1N=C2c1c(F)cccc1F. The number of aromatic nitrogens is 3. The maximum Gasteiger partial charge on any atom is 0.135 e. The molecule has 0 saturated heterocycles. The highest BCUT2D eigenvalue weighted by Gasteiger charge is 2.26. The summed E-state index contributed by atoms with van der Waals surface area (Å²) < 4.78 is 30.9. The minimum Gasteiger partial charge on any atom is -0.350 e. The van der Waals surface area contributed by atoms with Crippen molar-refractivity contribution in [1.82, 2.24) is 14.8 Å². The van der Waals surface area contributed by atoms with E-state index in [4.69, 9.17) is 0 Å². The molecule has 0 unspecified atom stereocenters. The Morgan fingerprint density at radius 3 is 2.56 bits per heavy atom. The van der Waals surface area contributed by atoms with Gasteiger partial charge in [-0.15, -0.1) is 0 Å². The first-order valence-electron chi connectivity index (χ1n) is 7.80. The Kier molecular flexibility index (Phi) is 2.74. The number of halogens is 2. The maximum atomic E-state index is 14.5. The summed E-state index contributed by atoms with van der Waals surface area (Å²) in [5, 5.41) is 7.91. The molecule has 5 rings (SSSR count). The lowest BCUT2D eigenvalue weighted by atomic mass is 9.98. The number of H-pyrrole nitrogens is 1. The van der Waals surface area contributed by atoms with Gasteiger partial charge in [0, 0.05) is 35.3 Å². The lowest BCUT2D eigenvalue weighted by molar-refractivity contribution is 0.579. The molecule has 25 heavy (non-hydrogen) atoms. The minimum atomic E-state index is -0.639. The predicted molar refractivity (Wildman–Crippen MR) is 92.2 cm³/mol. The Morgan fingerprint density at radius 1 is 1.00 bits per heavy atom. The molecule has 0 atom stereocenters. The topological polar surface area (TPSA) is 46.0 Å². The van der Waals surface area contributed by atoms with E-state index >= 15 is 0 Å². The fraction of sp³-hybridized carbons (Fsp3) is 0.0526. The normalized spacial score (nSPS) is 12.8. The number of hydrogen-bond acceptors (Lipinski definition) is 2. The van der Waals surface area contributed by atoms with E-state index in [0.717, 1.165) is 22.2 Å². The highest BCUT2D eigenvalue weighted by Crippen LogP contribution is 2.40. The molecule has 0 radical (unpaired) electrons. The van der Waals surface area contributed by atoms with Crippen LogP contribution in [0.5, 0.6) is 0 Å². The number of aryl methyl sites for hydroxylation is 1. The summed E-state index contributed by atoms with van der Waals surface area (Å²) in [6, 6.07) is 9.71. The monoisotopic (exact) mass is 334 g/mol. The van der Waals surface area contributed by atoms with E-state index in [1.807, 2.05) is 36.0 Å². The van der Waals surface area contributed by atoms with Crippen molar-refractivity contribution in [2.75, 3.05) is 0 Å². The zero-order valence-electron chi connectivity index (χ0n) is 13.2. The predicted octanol–water partition coefficient (Wildman–Crippen LogP) is 4.33. The molecule has 0 fully saturated rings. The summed E-state index contributed by atoms with van der Waals surface area (Å²) in [5.74, 6) is -1.28. The van der Waals surface area contributed by atoms with Gasteiger partial charge in [-0.2, -0.15) is 5.10 Å². The number of nitrogens with one attached hydrogen (secondary N) is 1. The van der Waals surface area contributed by atoms with Crippen molar-refractivity contribution in [3.8, 4) is 11.3 Å². The number of aromatic amines is 1. The molecule has 0 bridgehead atoms. The van der Waals surface area contributed by atoms with E-state index in [2.05, 4.69) is 15.2 Å². The van der Waals surface area contributed by atoms with Crippen LogP contribution in [-0.4, -0.2) is 20.5 Å². The molecule has 4 aromatic rings. The lowest BCUT2D eigenvalue weighted by Gasteiger charge is -2.07. The van der Waals surface area contributed by atoms with Crippen LogP contribution in [0.1, 0.15) is 11.1 Å². The average molecular weight is 334 g/mol. The van der Waals surface area contributed by atoms with Crippen molar-refractivity contribution in [2.24, 2.45) is 12.0 Å². The molecule has 0 spiro atoms. The quantitative estimate of drug-likeness (QED) is 0.487. The Balaban J connectivity index is 1.97. The molecule has 1 aliphatic rings. The number of rotatable bonds is 1. The maximum absolute atomic E-state index is 14.5. The van der Waals surface area contributed by atoms with Crippen LogP contribution in [-0.2, 0) is 7.05 Å². The highest BCUT2D eigenvalue weighted by atomic mass is 19.1. The third-order valence-corrected chi connectivity index (χ3v) is 4.59. The number of nitrogens with zero attached hydrogens (tertiary/aromatic N) is 3. The Bertz CT molecular complexity index is 1160. The van der Waals surface area contributed by atoms with E-state index in [9.17, 15) is 8.78 Å². The second kappa shape index (κ2) is 4.86. The highest BCUT2D eigenvalue weighted by molar-refractivity contribution is 6.24. The summed E-state index contributed by atoms with van der Waals surface area (Å²) in [4.78, 5) is 4.57. The third kappa shape index (κ3) is 1.85. The molecule has 2 aromatic carbocycles. The first-order valence-corrected chi connectivity index (χ1v) is 7.80. The van der Waals surface area contributed by atoms with Gasteiger partial charge in [0.05, 0.1) is 23.2 Å². The standard InChI is InChI=1S/C19H12F2N4/c1-25-9-11-16-10(4-2-7-15(16)25)18-14(8-22-24-18)23-19(11)17-12(20)5-3-6-13(17)21/h2-9H,1H3,(H,22,24). The third-order valence-electron chi connectivity index (χ3n) is 4.59. The number of hydrogen-bond donors (Lipinski definition) is 1. The van der Waals surface area contributed by atoms with Crippen molar-refractivity contribution in [3.63, 3.8) is 0 Å². The molecule has 6 heteroatoms. The van der Waals surface area contributed by atoms with Gasteiger partial charge in [-0.25, -0.2) is 13.8 Å². The number of fused-ring (bicyclic) bond motifs is 2. The summed E-state index contributed by atoms with van der Waals surface area (Å²) in [7, 11) is 1.90. The van der Waals surface area contributed by atoms with Crippen LogP contribution in [0.4, 0.5) is 14.5 Å². The summed E-state index contributed by atoms with van der Waals surface area (Å²) in [5.41, 5.74) is 4.01. The fourth-order valence-corrected chi connectivity index (χ4v) is 3.49. The summed E-state index contributed by atoms with van der Waals surface area (Å²) >= 11 is 0. The molecule has 1 aliphatic heterocycles. The van der Waals surface area contributed by atoms with E-state index in [0.29, 0.717) is 11.3 Å². The van der Waals surface area contributed by atoms with E-state index in [1.54, 1.807) is 6.20 Å². The fourth-order valence-electron chi connectivity index (χ4n) is 3.49. The zero-order valence-corrected chi connectivity index (χ0v) is 13.2. The van der Waals surface area contributed by atoms with Crippen LogP contribution in [0.25, 0.3) is 22.2 Å². The Hall–Kier alpha value is -3.28. The molecule has 122 valence electrons. The molecular formula is C19H12F2N4. The first kappa shape index (κ1) is 14.1. The van der Waals surface area contributed by atoms with Gasteiger partial charge in [0.1, 0.15) is 17.3 Å². The van der Waals surface area contributed by atoms with Crippen molar-refractivity contribution in [3.05, 3.63) is 71.6 Å². The first-order chi connectivity index (χ1) is 12.1. The van der Waals surface area contributed by atoms with Crippen LogP contribution in [0.2, 0.25) is 0 Å². The molecule has 0 aliphatic carbocycles. The lowest BCUT2D eigenvalue weighted by Crippen LogP contribution is -2.08. The second-order valence-corrected chi connectivity index (χ2v) is 6.04. The second-order valence-electron chi connectivity index (χ2n) is 6.04. The molecule has 0 saturated carbocycles. The van der Waals surface area contributed by atoms with Gasteiger partial charge >= 0.3 is 0 Å². The van der Waals surface area contributed by atoms with Crippen LogP contribution in [0.15, 0.2) is 53.8 Å². The smallest absolute Gasteiger partial charge is 0.135 e. The number of benzene rings is 2. The molecule has 0 amide bonds.